The van der Waals surface area contributed by atoms with Crippen molar-refractivity contribution >= 4 is 12.2 Å². The molecule has 0 aliphatic carbocycles. The molecule has 2 nitrogen and oxygen atoms in total. The van der Waals surface area contributed by atoms with Crippen LogP contribution in [0.15, 0.2) is 42.5 Å². The van der Waals surface area contributed by atoms with E-state index >= 15 is 0 Å². The molecule has 0 saturated carbocycles. The van der Waals surface area contributed by atoms with E-state index in [1.54, 1.807) is 6.07 Å². The van der Waals surface area contributed by atoms with Crippen molar-refractivity contribution < 1.29 is 10.2 Å². The number of hydrogen-bond donors (Lipinski definition) is 2. The lowest BCUT2D eigenvalue weighted by Crippen LogP contribution is -2.10. The number of hydrogen-bond acceptors (Lipinski definition) is 2. The van der Waals surface area contributed by atoms with E-state index in [1.165, 1.54) is 17.7 Å². The third-order valence-electron chi connectivity index (χ3n) is 3.24. The van der Waals surface area contributed by atoms with Gasteiger partial charge in [-0.1, -0.05) is 63.3 Å². The molecular weight excluding hydrogens is 248 g/mol. The van der Waals surface area contributed by atoms with Crippen LogP contribution >= 0.6 is 0 Å². The molecule has 2 N–H and O–H groups in total. The second-order valence-electron chi connectivity index (χ2n) is 5.95. The molecule has 20 heavy (non-hydrogen) atoms. The van der Waals surface area contributed by atoms with Gasteiger partial charge in [0.25, 0.3) is 0 Å². The molecule has 2 aromatic carbocycles. The average Bonchev–Trinajstić information content (AvgIpc) is 2.40. The molecule has 0 amide bonds. The number of benzene rings is 2. The fraction of sp³-hybridized carbons (Fsp3) is 0.222. The lowest BCUT2D eigenvalue weighted by atomic mass is 9.87. The normalized spacial score (nSPS) is 11.9. The van der Waals surface area contributed by atoms with E-state index in [0.29, 0.717) is 0 Å². The van der Waals surface area contributed by atoms with Crippen LogP contribution in [-0.4, -0.2) is 10.2 Å². The first kappa shape index (κ1) is 14.2. The van der Waals surface area contributed by atoms with Crippen molar-refractivity contribution in [3.63, 3.8) is 0 Å². The van der Waals surface area contributed by atoms with Crippen LogP contribution in [0.5, 0.6) is 11.5 Å². The van der Waals surface area contributed by atoms with Gasteiger partial charge in [0.1, 0.15) is 0 Å². The Hall–Kier alpha value is -2.22. The van der Waals surface area contributed by atoms with Crippen LogP contribution in [0, 0.1) is 0 Å². The van der Waals surface area contributed by atoms with Crippen molar-refractivity contribution in [2.75, 3.05) is 0 Å². The molecule has 2 aromatic rings. The third kappa shape index (κ3) is 3.41. The first-order chi connectivity index (χ1) is 9.36. The van der Waals surface area contributed by atoms with E-state index < -0.39 is 0 Å². The molecule has 0 heterocycles. The highest BCUT2D eigenvalue weighted by Gasteiger charge is 2.12. The Kier molecular flexibility index (Phi) is 3.84. The van der Waals surface area contributed by atoms with E-state index in [1.807, 2.05) is 12.2 Å². The monoisotopic (exact) mass is 268 g/mol. The maximum Gasteiger partial charge on any atom is 0.157 e. The predicted octanol–water partition coefficient (Wildman–Crippen LogP) is 4.57. The fourth-order valence-corrected chi connectivity index (χ4v) is 1.93. The van der Waals surface area contributed by atoms with E-state index in [4.69, 9.17) is 0 Å². The average molecular weight is 268 g/mol. The van der Waals surface area contributed by atoms with Gasteiger partial charge in [-0.15, -0.1) is 0 Å². The molecule has 104 valence electrons. The van der Waals surface area contributed by atoms with E-state index in [-0.39, 0.29) is 16.9 Å². The second-order valence-corrected chi connectivity index (χ2v) is 5.95. The van der Waals surface area contributed by atoms with Gasteiger partial charge >= 0.3 is 0 Å². The molecule has 2 heteroatoms. The van der Waals surface area contributed by atoms with E-state index in [2.05, 4.69) is 45.0 Å². The van der Waals surface area contributed by atoms with Gasteiger partial charge in [0.2, 0.25) is 0 Å². The quantitative estimate of drug-likeness (QED) is 0.619. The Morgan fingerprint density at radius 1 is 0.750 bits per heavy atom. The molecule has 0 atom stereocenters. The lowest BCUT2D eigenvalue weighted by molar-refractivity contribution is 0.403. The number of phenols is 2. The Labute approximate surface area is 120 Å². The summed E-state index contributed by atoms with van der Waals surface area (Å²) in [5, 5.41) is 18.7. The van der Waals surface area contributed by atoms with Gasteiger partial charge in [0.05, 0.1) is 0 Å². The van der Waals surface area contributed by atoms with E-state index in [0.717, 1.165) is 11.1 Å². The zero-order chi connectivity index (χ0) is 14.8. The summed E-state index contributed by atoms with van der Waals surface area (Å²) in [5.41, 5.74) is 3.41. The molecule has 0 aliphatic heterocycles. The maximum atomic E-state index is 9.44. The molecule has 0 unspecified atom stereocenters. The zero-order valence-corrected chi connectivity index (χ0v) is 12.1. The summed E-state index contributed by atoms with van der Waals surface area (Å²) < 4.78 is 0. The first-order valence-electron chi connectivity index (χ1n) is 6.67. The van der Waals surface area contributed by atoms with Crippen LogP contribution < -0.4 is 0 Å². The van der Waals surface area contributed by atoms with Crippen molar-refractivity contribution in [1.82, 2.24) is 0 Å². The summed E-state index contributed by atoms with van der Waals surface area (Å²) in [5.74, 6) is -0.202. The van der Waals surface area contributed by atoms with E-state index in [9.17, 15) is 10.2 Å². The zero-order valence-electron chi connectivity index (χ0n) is 12.1. The van der Waals surface area contributed by atoms with Gasteiger partial charge in [-0.2, -0.15) is 0 Å². The minimum absolute atomic E-state index is 0.100. The van der Waals surface area contributed by atoms with Crippen LogP contribution in [-0.2, 0) is 5.41 Å². The van der Waals surface area contributed by atoms with Crippen molar-refractivity contribution in [2.24, 2.45) is 0 Å². The Bertz CT molecular complexity index is 617. The van der Waals surface area contributed by atoms with Crippen LogP contribution in [0.2, 0.25) is 0 Å². The van der Waals surface area contributed by atoms with Crippen molar-refractivity contribution in [1.29, 1.82) is 0 Å². The summed E-state index contributed by atoms with van der Waals surface area (Å²) in [4.78, 5) is 0. The summed E-state index contributed by atoms with van der Waals surface area (Å²) >= 11 is 0. The summed E-state index contributed by atoms with van der Waals surface area (Å²) in [6.07, 6.45) is 3.89. The standard InChI is InChI=1S/C18H20O2/c1-18(2,3)15-9-6-13(7-10-15)4-5-14-8-11-16(19)17(20)12-14/h4-12,19-20H,1-3H3. The summed E-state index contributed by atoms with van der Waals surface area (Å²) in [7, 11) is 0. The molecule has 2 rings (SSSR count). The molecule has 0 spiro atoms. The minimum Gasteiger partial charge on any atom is -0.504 e. The molecule has 0 aliphatic rings. The summed E-state index contributed by atoms with van der Waals surface area (Å²) in [6.45, 7) is 6.57. The Morgan fingerprint density at radius 2 is 1.30 bits per heavy atom. The molecular formula is C18H20O2. The molecule has 0 aromatic heterocycles. The predicted molar refractivity (Wildman–Crippen MR) is 83.8 cm³/mol. The van der Waals surface area contributed by atoms with Crippen molar-refractivity contribution in [3.8, 4) is 11.5 Å². The van der Waals surface area contributed by atoms with Gasteiger partial charge < -0.3 is 10.2 Å². The van der Waals surface area contributed by atoms with Gasteiger partial charge in [0.15, 0.2) is 11.5 Å². The fourth-order valence-electron chi connectivity index (χ4n) is 1.93. The lowest BCUT2D eigenvalue weighted by Gasteiger charge is -2.18. The topological polar surface area (TPSA) is 40.5 Å². The van der Waals surface area contributed by atoms with Crippen LogP contribution in [0.25, 0.3) is 12.2 Å². The van der Waals surface area contributed by atoms with Crippen molar-refractivity contribution in [2.45, 2.75) is 26.2 Å². The molecule has 0 radical (unpaired) electrons. The van der Waals surface area contributed by atoms with Gasteiger partial charge in [-0.3, -0.25) is 0 Å². The Balaban J connectivity index is 2.17. The van der Waals surface area contributed by atoms with Crippen LogP contribution in [0.4, 0.5) is 0 Å². The minimum atomic E-state index is -0.102. The third-order valence-corrected chi connectivity index (χ3v) is 3.24. The summed E-state index contributed by atoms with van der Waals surface area (Å²) in [6, 6.07) is 13.2. The molecule has 0 fully saturated rings. The van der Waals surface area contributed by atoms with Crippen LogP contribution in [0.3, 0.4) is 0 Å². The second kappa shape index (κ2) is 5.41. The number of aromatic hydroxyl groups is 2. The van der Waals surface area contributed by atoms with Gasteiger partial charge in [-0.25, -0.2) is 0 Å². The SMILES string of the molecule is CC(C)(C)c1ccc(C=Cc2ccc(O)c(O)c2)cc1. The van der Waals surface area contributed by atoms with Crippen molar-refractivity contribution in [3.05, 3.63) is 59.2 Å². The highest BCUT2D eigenvalue weighted by molar-refractivity contribution is 5.70. The maximum absolute atomic E-state index is 9.44. The van der Waals surface area contributed by atoms with Crippen LogP contribution in [0.1, 0.15) is 37.5 Å². The van der Waals surface area contributed by atoms with Gasteiger partial charge in [0, 0.05) is 0 Å². The molecule has 0 saturated heterocycles. The largest absolute Gasteiger partial charge is 0.504 e. The highest BCUT2D eigenvalue weighted by atomic mass is 16.3. The highest BCUT2D eigenvalue weighted by Crippen LogP contribution is 2.26. The Morgan fingerprint density at radius 3 is 1.85 bits per heavy atom. The number of phenolic OH excluding ortho intramolecular Hbond substituents is 2. The number of rotatable bonds is 2. The van der Waals surface area contributed by atoms with Gasteiger partial charge in [-0.05, 0) is 34.2 Å². The smallest absolute Gasteiger partial charge is 0.157 e. The first-order valence-corrected chi connectivity index (χ1v) is 6.67. The molecule has 0 bridgehead atoms.